The van der Waals surface area contributed by atoms with Crippen molar-refractivity contribution in [1.29, 1.82) is 0 Å². The van der Waals surface area contributed by atoms with E-state index in [0.717, 1.165) is 25.1 Å². The lowest BCUT2D eigenvalue weighted by atomic mass is 10.1. The molecule has 0 aromatic heterocycles. The van der Waals surface area contributed by atoms with Crippen LogP contribution in [0.15, 0.2) is 18.2 Å². The quantitative estimate of drug-likeness (QED) is 0.447. The first kappa shape index (κ1) is 15.8. The highest BCUT2D eigenvalue weighted by Crippen LogP contribution is 2.24. The van der Waals surface area contributed by atoms with Gasteiger partial charge in [-0.2, -0.15) is 0 Å². The minimum atomic E-state index is -0.0520. The molecule has 0 bridgehead atoms. The Morgan fingerprint density at radius 1 is 0.895 bits per heavy atom. The maximum Gasteiger partial charge on any atom is 0.157 e. The third-order valence-electron chi connectivity index (χ3n) is 3.34. The van der Waals surface area contributed by atoms with Crippen LogP contribution in [0.25, 0.3) is 0 Å². The second-order valence-electron chi connectivity index (χ2n) is 5.09. The number of rotatable bonds is 10. The van der Waals surface area contributed by atoms with Gasteiger partial charge in [-0.05, 0) is 43.6 Å². The summed E-state index contributed by atoms with van der Waals surface area (Å²) in [6.07, 6.45) is 8.81. The first-order chi connectivity index (χ1) is 9.24. The third kappa shape index (κ3) is 7.06. The van der Waals surface area contributed by atoms with Crippen molar-refractivity contribution < 1.29 is 10.2 Å². The average molecular weight is 265 g/mol. The van der Waals surface area contributed by atoms with Crippen molar-refractivity contribution in [3.63, 3.8) is 0 Å². The van der Waals surface area contributed by atoms with Gasteiger partial charge in [-0.3, -0.25) is 0 Å². The van der Waals surface area contributed by atoms with Crippen molar-refractivity contribution in [1.82, 2.24) is 5.32 Å². The molecule has 0 unspecified atom stereocenters. The lowest BCUT2D eigenvalue weighted by molar-refractivity contribution is 0.403. The minimum absolute atomic E-state index is 0.0339. The van der Waals surface area contributed by atoms with Crippen LogP contribution >= 0.6 is 0 Å². The molecule has 3 N–H and O–H groups in total. The Morgan fingerprint density at radius 3 is 2.37 bits per heavy atom. The second kappa shape index (κ2) is 9.68. The number of aromatic hydroxyl groups is 2. The molecule has 0 aliphatic heterocycles. The van der Waals surface area contributed by atoms with Crippen molar-refractivity contribution in [2.75, 3.05) is 13.1 Å². The number of phenolic OH excluding ortho intramolecular Hbond substituents is 2. The van der Waals surface area contributed by atoms with E-state index in [0.29, 0.717) is 0 Å². The molecule has 0 heterocycles. The number of hydrogen-bond donors (Lipinski definition) is 3. The molecule has 1 rings (SSSR count). The fourth-order valence-corrected chi connectivity index (χ4v) is 2.11. The van der Waals surface area contributed by atoms with Gasteiger partial charge in [0.25, 0.3) is 0 Å². The molecule has 108 valence electrons. The molecule has 0 spiro atoms. The molecule has 0 aliphatic rings. The summed E-state index contributed by atoms with van der Waals surface area (Å²) >= 11 is 0. The number of phenols is 2. The average Bonchev–Trinajstić information content (AvgIpc) is 2.41. The van der Waals surface area contributed by atoms with Crippen LogP contribution in [-0.4, -0.2) is 23.3 Å². The summed E-state index contributed by atoms with van der Waals surface area (Å²) in [6, 6.07) is 5.02. The fourth-order valence-electron chi connectivity index (χ4n) is 2.11. The Hall–Kier alpha value is -1.22. The summed E-state index contributed by atoms with van der Waals surface area (Å²) < 4.78 is 0. The SMILES string of the molecule is CCCCCCCCNCCc1ccc(O)c(O)c1. The molecule has 1 aromatic carbocycles. The molecule has 0 fully saturated rings. The zero-order chi connectivity index (χ0) is 13.9. The Morgan fingerprint density at radius 2 is 1.63 bits per heavy atom. The molecule has 0 atom stereocenters. The zero-order valence-corrected chi connectivity index (χ0v) is 12.0. The van der Waals surface area contributed by atoms with Crippen LogP contribution in [0, 0.1) is 0 Å². The van der Waals surface area contributed by atoms with Gasteiger partial charge < -0.3 is 15.5 Å². The first-order valence-electron chi connectivity index (χ1n) is 7.45. The monoisotopic (exact) mass is 265 g/mol. The van der Waals surface area contributed by atoms with Crippen LogP contribution in [0.1, 0.15) is 51.0 Å². The van der Waals surface area contributed by atoms with Crippen molar-refractivity contribution in [3.8, 4) is 11.5 Å². The molecule has 1 aromatic rings. The summed E-state index contributed by atoms with van der Waals surface area (Å²) in [5.74, 6) is -0.0859. The predicted octanol–water partition coefficient (Wildman–Crippen LogP) is 3.59. The maximum atomic E-state index is 9.37. The third-order valence-corrected chi connectivity index (χ3v) is 3.34. The summed E-state index contributed by atoms with van der Waals surface area (Å²) in [7, 11) is 0. The summed E-state index contributed by atoms with van der Waals surface area (Å²) in [5.41, 5.74) is 1.05. The number of unbranched alkanes of at least 4 members (excludes halogenated alkanes) is 5. The van der Waals surface area contributed by atoms with Gasteiger partial charge in [0.05, 0.1) is 0 Å². The topological polar surface area (TPSA) is 52.5 Å². The lowest BCUT2D eigenvalue weighted by Crippen LogP contribution is -2.18. The van der Waals surface area contributed by atoms with E-state index in [1.807, 2.05) is 6.07 Å². The molecular formula is C16H27NO2. The minimum Gasteiger partial charge on any atom is -0.504 e. The van der Waals surface area contributed by atoms with Crippen molar-refractivity contribution in [3.05, 3.63) is 23.8 Å². The second-order valence-corrected chi connectivity index (χ2v) is 5.09. The van der Waals surface area contributed by atoms with E-state index in [2.05, 4.69) is 12.2 Å². The zero-order valence-electron chi connectivity index (χ0n) is 12.0. The Balaban J connectivity index is 2.00. The molecule has 0 saturated carbocycles. The van der Waals surface area contributed by atoms with Crippen LogP contribution in [0.5, 0.6) is 11.5 Å². The first-order valence-corrected chi connectivity index (χ1v) is 7.45. The Kier molecular flexibility index (Phi) is 8.07. The normalized spacial score (nSPS) is 10.8. The van der Waals surface area contributed by atoms with Crippen LogP contribution < -0.4 is 5.32 Å². The molecule has 0 saturated heterocycles. The standard InChI is InChI=1S/C16H27NO2/c1-2-3-4-5-6-7-11-17-12-10-14-8-9-15(18)16(19)13-14/h8-9,13,17-19H,2-7,10-12H2,1H3. The van der Waals surface area contributed by atoms with Gasteiger partial charge in [-0.1, -0.05) is 45.1 Å². The highest BCUT2D eigenvalue weighted by atomic mass is 16.3. The van der Waals surface area contributed by atoms with E-state index in [1.165, 1.54) is 38.5 Å². The predicted molar refractivity (Wildman–Crippen MR) is 79.7 cm³/mol. The fraction of sp³-hybridized carbons (Fsp3) is 0.625. The van der Waals surface area contributed by atoms with Crippen molar-refractivity contribution in [2.45, 2.75) is 51.9 Å². The van der Waals surface area contributed by atoms with Gasteiger partial charge in [0.15, 0.2) is 11.5 Å². The van der Waals surface area contributed by atoms with Crippen LogP contribution in [0.2, 0.25) is 0 Å². The molecule has 0 amide bonds. The van der Waals surface area contributed by atoms with E-state index in [1.54, 1.807) is 12.1 Å². The molecule has 3 heteroatoms. The lowest BCUT2D eigenvalue weighted by Gasteiger charge is -2.06. The molecule has 0 aliphatic carbocycles. The molecular weight excluding hydrogens is 238 g/mol. The van der Waals surface area contributed by atoms with E-state index < -0.39 is 0 Å². The smallest absolute Gasteiger partial charge is 0.157 e. The number of hydrogen-bond acceptors (Lipinski definition) is 3. The van der Waals surface area contributed by atoms with E-state index >= 15 is 0 Å². The molecule has 3 nitrogen and oxygen atoms in total. The van der Waals surface area contributed by atoms with Crippen LogP contribution in [0.3, 0.4) is 0 Å². The van der Waals surface area contributed by atoms with Crippen molar-refractivity contribution >= 4 is 0 Å². The number of benzene rings is 1. The number of nitrogens with one attached hydrogen (secondary N) is 1. The van der Waals surface area contributed by atoms with Gasteiger partial charge in [-0.25, -0.2) is 0 Å². The summed E-state index contributed by atoms with van der Waals surface area (Å²) in [6.45, 7) is 4.22. The highest BCUT2D eigenvalue weighted by molar-refractivity contribution is 5.40. The van der Waals surface area contributed by atoms with Crippen LogP contribution in [-0.2, 0) is 6.42 Å². The molecule has 0 radical (unpaired) electrons. The van der Waals surface area contributed by atoms with Gasteiger partial charge in [-0.15, -0.1) is 0 Å². The molecule has 19 heavy (non-hydrogen) atoms. The summed E-state index contributed by atoms with van der Waals surface area (Å²) in [5, 5.41) is 22.0. The van der Waals surface area contributed by atoms with E-state index in [4.69, 9.17) is 0 Å². The largest absolute Gasteiger partial charge is 0.504 e. The Labute approximate surface area is 116 Å². The van der Waals surface area contributed by atoms with Gasteiger partial charge in [0, 0.05) is 0 Å². The maximum absolute atomic E-state index is 9.37. The van der Waals surface area contributed by atoms with Gasteiger partial charge >= 0.3 is 0 Å². The summed E-state index contributed by atoms with van der Waals surface area (Å²) in [4.78, 5) is 0. The van der Waals surface area contributed by atoms with Gasteiger partial charge in [0.2, 0.25) is 0 Å². The van der Waals surface area contributed by atoms with E-state index in [-0.39, 0.29) is 11.5 Å². The van der Waals surface area contributed by atoms with Crippen molar-refractivity contribution in [2.24, 2.45) is 0 Å². The van der Waals surface area contributed by atoms with Crippen LogP contribution in [0.4, 0.5) is 0 Å². The van der Waals surface area contributed by atoms with Gasteiger partial charge in [0.1, 0.15) is 0 Å². The Bertz CT molecular complexity index is 353. The van der Waals surface area contributed by atoms with E-state index in [9.17, 15) is 10.2 Å². The highest BCUT2D eigenvalue weighted by Gasteiger charge is 2.00.